The molecule has 24 heavy (non-hydrogen) atoms. The van der Waals surface area contributed by atoms with Crippen molar-refractivity contribution in [1.82, 2.24) is 10.3 Å². The Morgan fingerprint density at radius 2 is 1.79 bits per heavy atom. The van der Waals surface area contributed by atoms with Crippen molar-refractivity contribution in [1.29, 1.82) is 0 Å². The van der Waals surface area contributed by atoms with Crippen molar-refractivity contribution < 1.29 is 0 Å². The highest BCUT2D eigenvalue weighted by Crippen LogP contribution is 2.35. The Kier molecular flexibility index (Phi) is 3.73. The quantitative estimate of drug-likeness (QED) is 0.672. The van der Waals surface area contributed by atoms with Gasteiger partial charge in [0.05, 0.1) is 6.04 Å². The number of hydrogen-bond donors (Lipinski definition) is 2. The number of hydrogen-bond acceptors (Lipinski definition) is 1. The average molecular weight is 318 g/mol. The minimum Gasteiger partial charge on any atom is -0.357 e. The van der Waals surface area contributed by atoms with E-state index in [1.54, 1.807) is 0 Å². The lowest BCUT2D eigenvalue weighted by molar-refractivity contribution is 0.560. The van der Waals surface area contributed by atoms with Crippen LogP contribution in [0, 0.1) is 13.8 Å². The van der Waals surface area contributed by atoms with E-state index < -0.39 is 0 Å². The molecule has 3 aromatic rings. The first-order valence-corrected chi connectivity index (χ1v) is 8.99. The summed E-state index contributed by atoms with van der Waals surface area (Å²) in [4.78, 5) is 3.72. The summed E-state index contributed by atoms with van der Waals surface area (Å²) in [6.45, 7) is 9.93. The first-order valence-electron chi connectivity index (χ1n) is 8.99. The van der Waals surface area contributed by atoms with Crippen LogP contribution in [-0.4, -0.2) is 11.5 Å². The predicted molar refractivity (Wildman–Crippen MR) is 102 cm³/mol. The van der Waals surface area contributed by atoms with E-state index in [-0.39, 0.29) is 6.04 Å². The molecule has 2 heteroatoms. The van der Waals surface area contributed by atoms with E-state index >= 15 is 0 Å². The van der Waals surface area contributed by atoms with Gasteiger partial charge in [0.1, 0.15) is 0 Å². The van der Waals surface area contributed by atoms with Gasteiger partial charge >= 0.3 is 0 Å². The highest BCUT2D eigenvalue weighted by atomic mass is 15.0. The Balaban J connectivity index is 1.82. The molecule has 1 aliphatic heterocycles. The van der Waals surface area contributed by atoms with Crippen molar-refractivity contribution >= 4 is 10.9 Å². The summed E-state index contributed by atoms with van der Waals surface area (Å²) in [5, 5.41) is 5.14. The summed E-state index contributed by atoms with van der Waals surface area (Å²) in [7, 11) is 0. The molecule has 0 aliphatic carbocycles. The fourth-order valence-corrected chi connectivity index (χ4v) is 4.13. The van der Waals surface area contributed by atoms with E-state index in [0.717, 1.165) is 13.0 Å². The molecular weight excluding hydrogens is 292 g/mol. The molecule has 0 saturated heterocycles. The van der Waals surface area contributed by atoms with Gasteiger partial charge in [-0.25, -0.2) is 0 Å². The molecule has 2 N–H and O–H groups in total. The topological polar surface area (TPSA) is 27.8 Å². The van der Waals surface area contributed by atoms with Crippen LogP contribution in [0.4, 0.5) is 0 Å². The fraction of sp³-hybridized carbons (Fsp3) is 0.364. The van der Waals surface area contributed by atoms with Gasteiger partial charge in [-0.2, -0.15) is 0 Å². The zero-order chi connectivity index (χ0) is 16.8. The molecule has 0 saturated carbocycles. The largest absolute Gasteiger partial charge is 0.357 e. The van der Waals surface area contributed by atoms with Gasteiger partial charge in [-0.1, -0.05) is 44.2 Å². The highest BCUT2D eigenvalue weighted by Gasteiger charge is 2.25. The van der Waals surface area contributed by atoms with Crippen LogP contribution < -0.4 is 5.32 Å². The molecule has 0 spiro atoms. The van der Waals surface area contributed by atoms with Crippen LogP contribution in [0.1, 0.15) is 59.3 Å². The third-order valence-corrected chi connectivity index (χ3v) is 5.32. The Morgan fingerprint density at radius 1 is 1.04 bits per heavy atom. The number of rotatable bonds is 2. The molecule has 0 amide bonds. The normalized spacial score (nSPS) is 17.5. The van der Waals surface area contributed by atoms with Crippen molar-refractivity contribution in [3.8, 4) is 0 Å². The number of aromatic nitrogens is 1. The monoisotopic (exact) mass is 318 g/mol. The average Bonchev–Trinajstić information content (AvgIpc) is 2.93. The van der Waals surface area contributed by atoms with Crippen LogP contribution in [0.2, 0.25) is 0 Å². The number of H-pyrrole nitrogens is 1. The van der Waals surface area contributed by atoms with Crippen LogP contribution in [0.15, 0.2) is 36.4 Å². The molecule has 2 aromatic carbocycles. The lowest BCUT2D eigenvalue weighted by atomic mass is 9.91. The maximum absolute atomic E-state index is 3.72. The van der Waals surface area contributed by atoms with Crippen molar-refractivity contribution in [3.63, 3.8) is 0 Å². The Morgan fingerprint density at radius 3 is 2.50 bits per heavy atom. The molecular formula is C22H26N2. The minimum absolute atomic E-state index is 0.266. The number of nitrogens with one attached hydrogen (secondary N) is 2. The summed E-state index contributed by atoms with van der Waals surface area (Å²) in [6, 6.07) is 14.0. The lowest BCUT2D eigenvalue weighted by Gasteiger charge is -2.25. The second-order valence-electron chi connectivity index (χ2n) is 7.48. The maximum Gasteiger partial charge on any atom is 0.0732 e. The second kappa shape index (κ2) is 5.78. The molecule has 0 radical (unpaired) electrons. The van der Waals surface area contributed by atoms with E-state index in [9.17, 15) is 0 Å². The van der Waals surface area contributed by atoms with E-state index in [4.69, 9.17) is 0 Å². The van der Waals surface area contributed by atoms with Crippen LogP contribution in [0.5, 0.6) is 0 Å². The molecule has 2 heterocycles. The van der Waals surface area contributed by atoms with E-state index in [2.05, 4.69) is 74.4 Å². The van der Waals surface area contributed by atoms with Gasteiger partial charge in [0, 0.05) is 23.1 Å². The van der Waals surface area contributed by atoms with Gasteiger partial charge in [-0.3, -0.25) is 0 Å². The SMILES string of the molecule is Cc1cc(C)c2c3c([nH]c2c1)C(c1ccc(C(C)C)cc1)NCC3. The van der Waals surface area contributed by atoms with E-state index in [1.807, 2.05) is 0 Å². The van der Waals surface area contributed by atoms with E-state index in [0.29, 0.717) is 5.92 Å². The molecule has 1 unspecified atom stereocenters. The summed E-state index contributed by atoms with van der Waals surface area (Å²) in [5.41, 5.74) is 9.59. The number of benzene rings is 2. The number of aryl methyl sites for hydroxylation is 2. The van der Waals surface area contributed by atoms with Gasteiger partial charge in [-0.15, -0.1) is 0 Å². The van der Waals surface area contributed by atoms with Crippen LogP contribution in [-0.2, 0) is 6.42 Å². The number of aromatic amines is 1. The third-order valence-electron chi connectivity index (χ3n) is 5.32. The molecule has 124 valence electrons. The van der Waals surface area contributed by atoms with Gasteiger partial charge in [0.25, 0.3) is 0 Å². The zero-order valence-corrected chi connectivity index (χ0v) is 15.0. The molecule has 0 bridgehead atoms. The Bertz CT molecular complexity index is 884. The van der Waals surface area contributed by atoms with Gasteiger partial charge in [0.15, 0.2) is 0 Å². The molecule has 1 aliphatic rings. The highest BCUT2D eigenvalue weighted by molar-refractivity contribution is 5.89. The predicted octanol–water partition coefficient (Wildman–Crippen LogP) is 5.14. The standard InChI is InChI=1S/C22H26N2/c1-13(2)16-5-7-17(8-6-16)21-22-18(9-10-23-21)20-15(4)11-14(3)12-19(20)24-22/h5-8,11-13,21,23-24H,9-10H2,1-4H3. The molecule has 0 fully saturated rings. The lowest BCUT2D eigenvalue weighted by Crippen LogP contribution is -2.30. The first kappa shape index (κ1) is 15.5. The maximum atomic E-state index is 3.72. The zero-order valence-electron chi connectivity index (χ0n) is 15.0. The summed E-state index contributed by atoms with van der Waals surface area (Å²) in [6.07, 6.45) is 1.10. The van der Waals surface area contributed by atoms with Gasteiger partial charge < -0.3 is 10.3 Å². The first-order chi connectivity index (χ1) is 11.5. The molecule has 1 atom stereocenters. The van der Waals surface area contributed by atoms with Crippen LogP contribution in [0.25, 0.3) is 10.9 Å². The van der Waals surface area contributed by atoms with Crippen molar-refractivity contribution in [2.24, 2.45) is 0 Å². The van der Waals surface area contributed by atoms with Gasteiger partial charge in [-0.05, 0) is 60.1 Å². The van der Waals surface area contributed by atoms with Crippen molar-refractivity contribution in [2.45, 2.75) is 46.1 Å². The third kappa shape index (κ3) is 2.46. The van der Waals surface area contributed by atoms with Crippen LogP contribution >= 0.6 is 0 Å². The Hall–Kier alpha value is -2.06. The molecule has 2 nitrogen and oxygen atoms in total. The van der Waals surface area contributed by atoms with Gasteiger partial charge in [0.2, 0.25) is 0 Å². The smallest absolute Gasteiger partial charge is 0.0732 e. The summed E-state index contributed by atoms with van der Waals surface area (Å²) >= 11 is 0. The van der Waals surface area contributed by atoms with E-state index in [1.165, 1.54) is 44.4 Å². The van der Waals surface area contributed by atoms with Crippen molar-refractivity contribution in [3.05, 3.63) is 69.9 Å². The Labute approximate surface area is 144 Å². The summed E-state index contributed by atoms with van der Waals surface area (Å²) in [5.74, 6) is 0.577. The summed E-state index contributed by atoms with van der Waals surface area (Å²) < 4.78 is 0. The molecule has 4 rings (SSSR count). The van der Waals surface area contributed by atoms with Crippen LogP contribution in [0.3, 0.4) is 0 Å². The molecule has 1 aromatic heterocycles. The fourth-order valence-electron chi connectivity index (χ4n) is 4.13. The van der Waals surface area contributed by atoms with Crippen molar-refractivity contribution in [2.75, 3.05) is 6.54 Å². The minimum atomic E-state index is 0.266. The number of fused-ring (bicyclic) bond motifs is 3. The second-order valence-corrected chi connectivity index (χ2v) is 7.48.